The fraction of sp³-hybridized carbons (Fsp3) is 0. The van der Waals surface area contributed by atoms with Crippen LogP contribution in [-0.2, 0) is 0 Å². The summed E-state index contributed by atoms with van der Waals surface area (Å²) in [6.45, 7) is 0. The third-order valence-electron chi connectivity index (χ3n) is 0. The molecule has 0 fully saturated rings. The molecule has 5 heteroatoms. The molecule has 0 saturated carbocycles. The quantitative estimate of drug-likeness (QED) is 0.599. The second-order valence-corrected chi connectivity index (χ2v) is 0. The van der Waals surface area contributed by atoms with Gasteiger partial charge in [0.1, 0.15) is 0 Å². The molecular formula is H5F3STm. The van der Waals surface area contributed by atoms with Crippen molar-refractivity contribution in [1.82, 2.24) is 0 Å². The summed E-state index contributed by atoms with van der Waals surface area (Å²) in [5.74, 6) is 0. The standard InChI is InChI=1S/3FH.H2S.Tm/h3*1H;1H2;. The van der Waals surface area contributed by atoms with Gasteiger partial charge >= 0.3 is 0 Å². The monoisotopic (exact) mass is 263 g/mol. The molecule has 1 radical (unpaired) electrons. The van der Waals surface area contributed by atoms with Gasteiger partial charge < -0.3 is 0 Å². The summed E-state index contributed by atoms with van der Waals surface area (Å²) in [6, 6.07) is 0. The Hall–Kier alpha value is 1.37. The Morgan fingerprint density at radius 2 is 0.600 bits per heavy atom. The largest absolute Gasteiger partial charge is 0.269 e. The van der Waals surface area contributed by atoms with Crippen molar-refractivity contribution in [2.45, 2.75) is 0 Å². The van der Waals surface area contributed by atoms with Gasteiger partial charge in [-0.2, -0.15) is 13.5 Å². The molecule has 0 spiro atoms. The van der Waals surface area contributed by atoms with Crippen LogP contribution in [0.1, 0.15) is 0 Å². The molecule has 0 aromatic heterocycles. The predicted molar refractivity (Wildman–Crippen MR) is 17.9 cm³/mol. The van der Waals surface area contributed by atoms with Gasteiger partial charge in [-0.1, -0.05) is 0 Å². The molecule has 0 aromatic carbocycles. The van der Waals surface area contributed by atoms with Crippen molar-refractivity contribution < 1.29 is 51.0 Å². The summed E-state index contributed by atoms with van der Waals surface area (Å²) in [5, 5.41) is 0. The normalized spacial score (nSPS) is 0. The molecule has 0 heterocycles. The SMILES string of the molecule is F.F.F.S.[Tm]. The van der Waals surface area contributed by atoms with Crippen LogP contribution in [0, 0.1) is 36.9 Å². The summed E-state index contributed by atoms with van der Waals surface area (Å²) >= 11 is 0. The van der Waals surface area contributed by atoms with Gasteiger partial charge in [-0.15, -0.1) is 0 Å². The van der Waals surface area contributed by atoms with E-state index in [1.807, 2.05) is 0 Å². The molecule has 0 aliphatic heterocycles. The van der Waals surface area contributed by atoms with Gasteiger partial charge in [0.2, 0.25) is 0 Å². The number of hydrogen-bond donors (Lipinski definition) is 0. The fourth-order valence-electron chi connectivity index (χ4n) is 0. The average Bonchev–Trinajstić information content (AvgIpc) is 0. The van der Waals surface area contributed by atoms with Crippen LogP contribution in [0.25, 0.3) is 0 Å². The van der Waals surface area contributed by atoms with E-state index in [0.717, 1.165) is 0 Å². The van der Waals surface area contributed by atoms with Crippen molar-refractivity contribution in [1.29, 1.82) is 0 Å². The van der Waals surface area contributed by atoms with Gasteiger partial charge in [0.15, 0.2) is 0 Å². The van der Waals surface area contributed by atoms with Crippen LogP contribution in [0.4, 0.5) is 14.1 Å². The molecule has 0 bridgehead atoms. The first-order valence-electron chi connectivity index (χ1n) is 0. The van der Waals surface area contributed by atoms with Gasteiger partial charge in [-0.05, 0) is 0 Å². The fourth-order valence-corrected chi connectivity index (χ4v) is 0. The maximum Gasteiger partial charge on any atom is 0 e. The second-order valence-electron chi connectivity index (χ2n) is 0. The molecule has 0 atom stereocenters. The van der Waals surface area contributed by atoms with Crippen molar-refractivity contribution in [2.75, 3.05) is 0 Å². The topological polar surface area (TPSA) is 0 Å². The Morgan fingerprint density at radius 3 is 0.600 bits per heavy atom. The Labute approximate surface area is 64.1 Å². The van der Waals surface area contributed by atoms with E-state index in [0.29, 0.717) is 0 Å². The number of halogens is 3. The zero-order valence-corrected chi connectivity index (χ0v) is 4.78. The van der Waals surface area contributed by atoms with Crippen LogP contribution < -0.4 is 0 Å². The Bertz CT molecular complexity index is 6.85. The van der Waals surface area contributed by atoms with Crippen LogP contribution >= 0.6 is 13.5 Å². The summed E-state index contributed by atoms with van der Waals surface area (Å²) < 4.78 is 0. The summed E-state index contributed by atoms with van der Waals surface area (Å²) in [7, 11) is 0. The van der Waals surface area contributed by atoms with Crippen molar-refractivity contribution in [3.63, 3.8) is 0 Å². The molecule has 0 N–H and O–H groups in total. The smallest absolute Gasteiger partial charge is 0 e. The van der Waals surface area contributed by atoms with Crippen LogP contribution in [0.15, 0.2) is 0 Å². The maximum absolute atomic E-state index is 0. The molecule has 0 nitrogen and oxygen atoms in total. The van der Waals surface area contributed by atoms with Crippen molar-refractivity contribution in [3.8, 4) is 0 Å². The average molecular weight is 263 g/mol. The van der Waals surface area contributed by atoms with Crippen molar-refractivity contribution >= 4 is 13.5 Å². The summed E-state index contributed by atoms with van der Waals surface area (Å²) in [5.41, 5.74) is 0. The Balaban J connectivity index is 0. The molecule has 5 heavy (non-hydrogen) atoms. The molecule has 0 saturated heterocycles. The van der Waals surface area contributed by atoms with E-state index < -0.39 is 0 Å². The minimum atomic E-state index is 0. The van der Waals surface area contributed by atoms with E-state index in [4.69, 9.17) is 0 Å². The molecule has 0 rings (SSSR count). The van der Waals surface area contributed by atoms with E-state index in [1.54, 1.807) is 0 Å². The molecule has 45 valence electrons. The maximum atomic E-state index is 0. The molecule has 0 unspecified atom stereocenters. The first kappa shape index (κ1) is 97.5. The zero-order chi connectivity index (χ0) is 0. The summed E-state index contributed by atoms with van der Waals surface area (Å²) in [6.07, 6.45) is 0. The van der Waals surface area contributed by atoms with E-state index in [1.165, 1.54) is 0 Å². The second kappa shape index (κ2) is 54.5. The Morgan fingerprint density at radius 1 is 0.600 bits per heavy atom. The van der Waals surface area contributed by atoms with Gasteiger partial charge in [-0.3, -0.25) is 14.1 Å². The molecular weight excluding hydrogens is 258 g/mol. The van der Waals surface area contributed by atoms with Gasteiger partial charge in [0, 0.05) is 36.9 Å². The first-order chi connectivity index (χ1) is 0. The van der Waals surface area contributed by atoms with Crippen LogP contribution in [-0.4, -0.2) is 0 Å². The van der Waals surface area contributed by atoms with Gasteiger partial charge in [0.05, 0.1) is 0 Å². The Kier molecular flexibility index (Phi) is 1060. The summed E-state index contributed by atoms with van der Waals surface area (Å²) in [4.78, 5) is 0. The van der Waals surface area contributed by atoms with Crippen LogP contribution in [0.3, 0.4) is 0 Å². The van der Waals surface area contributed by atoms with Crippen LogP contribution in [0.5, 0.6) is 0 Å². The molecule has 0 aliphatic rings. The third-order valence-corrected chi connectivity index (χ3v) is 0. The minimum absolute atomic E-state index is 0. The minimum Gasteiger partial charge on any atom is -0.269 e. The molecule has 0 amide bonds. The van der Waals surface area contributed by atoms with Gasteiger partial charge in [0.25, 0.3) is 0 Å². The first-order valence-corrected chi connectivity index (χ1v) is 0. The van der Waals surface area contributed by atoms with Crippen molar-refractivity contribution in [3.05, 3.63) is 0 Å². The van der Waals surface area contributed by atoms with Crippen molar-refractivity contribution in [2.24, 2.45) is 0 Å². The van der Waals surface area contributed by atoms with Crippen LogP contribution in [0.2, 0.25) is 0 Å². The predicted octanol–water partition coefficient (Wildman–Crippen LogP) is 0.570. The molecule has 0 aromatic rings. The number of rotatable bonds is 0. The third kappa shape index (κ3) is 32.4. The zero-order valence-electron chi connectivity index (χ0n) is 2.00. The number of hydrogen-bond acceptors (Lipinski definition) is 0. The van der Waals surface area contributed by atoms with Gasteiger partial charge in [-0.25, -0.2) is 0 Å². The van der Waals surface area contributed by atoms with E-state index in [2.05, 4.69) is 0 Å². The van der Waals surface area contributed by atoms with E-state index >= 15 is 0 Å². The molecule has 0 aliphatic carbocycles. The van der Waals surface area contributed by atoms with E-state index in [-0.39, 0.29) is 64.5 Å². The van der Waals surface area contributed by atoms with E-state index in [9.17, 15) is 0 Å².